The van der Waals surface area contributed by atoms with E-state index in [0.717, 1.165) is 0 Å². The summed E-state index contributed by atoms with van der Waals surface area (Å²) in [5.41, 5.74) is -0.0395. The van der Waals surface area contributed by atoms with Gasteiger partial charge in [-0.3, -0.25) is 0 Å². The number of carbonyl (C=O) groups is 1. The summed E-state index contributed by atoms with van der Waals surface area (Å²) in [5.74, 6) is -1.68. The van der Waals surface area contributed by atoms with E-state index in [1.54, 1.807) is 0 Å². The van der Waals surface area contributed by atoms with Gasteiger partial charge in [-0.1, -0.05) is 0 Å². The fourth-order valence-electron chi connectivity index (χ4n) is 0.194. The Bertz CT molecular complexity index is 136. The van der Waals surface area contributed by atoms with Crippen molar-refractivity contribution in [1.82, 2.24) is 0 Å². The Kier molecular flexibility index (Phi) is 2.97. The van der Waals surface area contributed by atoms with Gasteiger partial charge in [0.15, 0.2) is 5.37 Å². The van der Waals surface area contributed by atoms with Crippen molar-refractivity contribution in [3.05, 3.63) is 0 Å². The van der Waals surface area contributed by atoms with Crippen LogP contribution in [0.25, 0.3) is 0 Å². The summed E-state index contributed by atoms with van der Waals surface area (Å²) in [5, 5.41) is 5.97. The monoisotopic (exact) mass is 175 g/mol. The fraction of sp³-hybridized carbons (Fsp3) is 0.667. The van der Waals surface area contributed by atoms with Gasteiger partial charge in [0, 0.05) is 0 Å². The Morgan fingerprint density at radius 3 is 2.10 bits per heavy atom. The van der Waals surface area contributed by atoms with Gasteiger partial charge in [-0.25, -0.2) is 4.79 Å². The van der Waals surface area contributed by atoms with Crippen LogP contribution in [0.2, 0.25) is 0 Å². The van der Waals surface area contributed by atoms with E-state index in [4.69, 9.17) is 5.11 Å². The van der Waals surface area contributed by atoms with Gasteiger partial charge < -0.3 is 10.8 Å². The molecule has 0 radical (unpaired) electrons. The van der Waals surface area contributed by atoms with Crippen LogP contribution in [0.4, 0.5) is 13.2 Å². The summed E-state index contributed by atoms with van der Waals surface area (Å²) < 4.78 is 33.9. The van der Waals surface area contributed by atoms with Gasteiger partial charge >= 0.3 is 11.5 Å². The molecule has 0 saturated heterocycles. The van der Waals surface area contributed by atoms with Crippen LogP contribution in [-0.4, -0.2) is 22.0 Å². The molecule has 0 aliphatic heterocycles. The standard InChI is InChI=1S/C3H4F3NO2S/c4-3(5,6)10-1(7)2(8)9/h1H,7H2,(H,8,9). The SMILES string of the molecule is NC(SC(F)(F)F)C(=O)O. The zero-order valence-corrected chi connectivity index (χ0v) is 5.37. The molecule has 0 amide bonds. The van der Waals surface area contributed by atoms with Crippen molar-refractivity contribution < 1.29 is 23.1 Å². The van der Waals surface area contributed by atoms with Crippen LogP contribution in [-0.2, 0) is 4.79 Å². The molecule has 0 heterocycles. The minimum atomic E-state index is -4.59. The first-order valence-electron chi connectivity index (χ1n) is 2.06. The maximum absolute atomic E-state index is 11.3. The van der Waals surface area contributed by atoms with Crippen LogP contribution in [0, 0.1) is 0 Å². The summed E-state index contributed by atoms with van der Waals surface area (Å²) in [6, 6.07) is 0. The van der Waals surface area contributed by atoms with Crippen LogP contribution in [0.5, 0.6) is 0 Å². The number of alkyl halides is 3. The van der Waals surface area contributed by atoms with Crippen molar-refractivity contribution in [2.24, 2.45) is 5.73 Å². The van der Waals surface area contributed by atoms with Crippen molar-refractivity contribution in [2.75, 3.05) is 0 Å². The minimum absolute atomic E-state index is 0.757. The molecule has 0 saturated carbocycles. The third-order valence-corrected chi connectivity index (χ3v) is 1.23. The molecule has 0 aliphatic carbocycles. The fourth-order valence-corrected chi connectivity index (χ4v) is 0.583. The quantitative estimate of drug-likeness (QED) is 0.603. The first-order chi connectivity index (χ1) is 4.33. The first kappa shape index (κ1) is 9.57. The van der Waals surface area contributed by atoms with E-state index >= 15 is 0 Å². The molecule has 3 nitrogen and oxygen atoms in total. The zero-order valence-electron chi connectivity index (χ0n) is 4.55. The van der Waals surface area contributed by atoms with Gasteiger partial charge in [0.1, 0.15) is 0 Å². The average molecular weight is 175 g/mol. The smallest absolute Gasteiger partial charge is 0.443 e. The van der Waals surface area contributed by atoms with E-state index in [1.165, 1.54) is 0 Å². The van der Waals surface area contributed by atoms with Gasteiger partial charge in [-0.2, -0.15) is 13.2 Å². The molecule has 0 aliphatic rings. The molecular weight excluding hydrogens is 171 g/mol. The summed E-state index contributed by atoms with van der Waals surface area (Å²) >= 11 is -0.757. The van der Waals surface area contributed by atoms with Gasteiger partial charge in [0.2, 0.25) is 0 Å². The number of carboxylic acid groups (broad SMARTS) is 1. The lowest BCUT2D eigenvalue weighted by atomic mass is 10.7. The normalized spacial score (nSPS) is 14.8. The van der Waals surface area contributed by atoms with Crippen molar-refractivity contribution in [3.63, 3.8) is 0 Å². The van der Waals surface area contributed by atoms with Crippen LogP contribution >= 0.6 is 11.8 Å². The summed E-state index contributed by atoms with van der Waals surface area (Å²) in [7, 11) is 0. The van der Waals surface area contributed by atoms with Gasteiger partial charge in [-0.05, 0) is 11.8 Å². The lowest BCUT2D eigenvalue weighted by molar-refractivity contribution is -0.136. The highest BCUT2D eigenvalue weighted by Gasteiger charge is 2.34. The molecule has 0 aromatic heterocycles. The van der Waals surface area contributed by atoms with E-state index < -0.39 is 28.6 Å². The molecule has 0 rings (SSSR count). The Labute approximate surface area is 58.4 Å². The molecule has 0 aromatic rings. The van der Waals surface area contributed by atoms with Crippen molar-refractivity contribution in [1.29, 1.82) is 0 Å². The highest BCUT2D eigenvalue weighted by Crippen LogP contribution is 2.31. The third-order valence-electron chi connectivity index (χ3n) is 0.504. The van der Waals surface area contributed by atoms with E-state index in [-0.39, 0.29) is 0 Å². The number of aliphatic carboxylic acids is 1. The molecule has 0 aromatic carbocycles. The molecule has 0 bridgehead atoms. The van der Waals surface area contributed by atoms with Crippen molar-refractivity contribution in [3.8, 4) is 0 Å². The number of nitrogens with two attached hydrogens (primary N) is 1. The Morgan fingerprint density at radius 1 is 1.60 bits per heavy atom. The lowest BCUT2D eigenvalue weighted by Crippen LogP contribution is -2.29. The second-order valence-corrected chi connectivity index (χ2v) is 2.53. The third kappa shape index (κ3) is 4.45. The average Bonchev–Trinajstić information content (AvgIpc) is 1.60. The zero-order chi connectivity index (χ0) is 8.36. The number of halogens is 3. The molecule has 3 N–H and O–H groups in total. The highest BCUT2D eigenvalue weighted by atomic mass is 32.2. The van der Waals surface area contributed by atoms with Gasteiger partial charge in [0.25, 0.3) is 0 Å². The Balaban J connectivity index is 3.80. The molecule has 7 heteroatoms. The second-order valence-electron chi connectivity index (χ2n) is 1.32. The molecule has 1 unspecified atom stereocenters. The predicted octanol–water partition coefficient (Wildman–Crippen LogP) is 0.609. The largest absolute Gasteiger partial charge is 0.479 e. The van der Waals surface area contributed by atoms with Crippen LogP contribution < -0.4 is 5.73 Å². The Morgan fingerprint density at radius 2 is 2.00 bits per heavy atom. The van der Waals surface area contributed by atoms with E-state index in [2.05, 4.69) is 5.73 Å². The predicted molar refractivity (Wildman–Crippen MR) is 29.3 cm³/mol. The number of carboxylic acids is 1. The van der Waals surface area contributed by atoms with E-state index in [0.29, 0.717) is 0 Å². The van der Waals surface area contributed by atoms with E-state index in [9.17, 15) is 18.0 Å². The minimum Gasteiger partial charge on any atom is -0.479 e. The van der Waals surface area contributed by atoms with Crippen LogP contribution in [0.15, 0.2) is 0 Å². The number of thioether (sulfide) groups is 1. The summed E-state index contributed by atoms with van der Waals surface area (Å²) in [6.07, 6.45) is 0. The second kappa shape index (κ2) is 3.11. The molecule has 0 spiro atoms. The molecule has 1 atom stereocenters. The van der Waals surface area contributed by atoms with Crippen molar-refractivity contribution in [2.45, 2.75) is 10.9 Å². The topological polar surface area (TPSA) is 63.3 Å². The summed E-state index contributed by atoms with van der Waals surface area (Å²) in [6.45, 7) is 0. The van der Waals surface area contributed by atoms with Crippen molar-refractivity contribution >= 4 is 17.7 Å². The molecule has 60 valence electrons. The molecule has 0 fully saturated rings. The molecular formula is C3H4F3NO2S. The highest BCUT2D eigenvalue weighted by molar-refractivity contribution is 8.01. The molecule has 10 heavy (non-hydrogen) atoms. The van der Waals surface area contributed by atoms with Gasteiger partial charge in [0.05, 0.1) is 0 Å². The Hall–Kier alpha value is -0.430. The lowest BCUT2D eigenvalue weighted by Gasteiger charge is -2.07. The maximum Gasteiger partial charge on any atom is 0.443 e. The van der Waals surface area contributed by atoms with E-state index in [1.807, 2.05) is 0 Å². The van der Waals surface area contributed by atoms with Crippen LogP contribution in [0.1, 0.15) is 0 Å². The van der Waals surface area contributed by atoms with Gasteiger partial charge in [-0.15, -0.1) is 0 Å². The summed E-state index contributed by atoms with van der Waals surface area (Å²) in [4.78, 5) is 9.73. The first-order valence-corrected chi connectivity index (χ1v) is 2.94. The number of hydrogen-bond donors (Lipinski definition) is 2. The van der Waals surface area contributed by atoms with Crippen LogP contribution in [0.3, 0.4) is 0 Å². The maximum atomic E-state index is 11.3. The number of rotatable bonds is 2. The number of hydrogen-bond acceptors (Lipinski definition) is 3.